The number of anilines is 1. The van der Waals surface area contributed by atoms with Crippen LogP contribution in [0.4, 0.5) is 5.69 Å². The van der Waals surface area contributed by atoms with E-state index < -0.39 is 10.0 Å². The van der Waals surface area contributed by atoms with Gasteiger partial charge >= 0.3 is 0 Å². The molecule has 0 spiro atoms. The summed E-state index contributed by atoms with van der Waals surface area (Å²) in [6.45, 7) is 0. The van der Waals surface area contributed by atoms with Gasteiger partial charge in [0.25, 0.3) is 0 Å². The fourth-order valence-corrected chi connectivity index (χ4v) is 5.71. The highest BCUT2D eigenvalue weighted by Crippen LogP contribution is 2.51. The summed E-state index contributed by atoms with van der Waals surface area (Å²) >= 11 is 0. The number of nitrogens with zero attached hydrogens (tertiary/aromatic N) is 1. The number of hydrogen-bond donors (Lipinski definition) is 1. The number of hydrogen-bond acceptors (Lipinski definition) is 3. The number of benzene rings is 3. The lowest BCUT2D eigenvalue weighted by Gasteiger charge is -2.38. The summed E-state index contributed by atoms with van der Waals surface area (Å²) < 4.78 is 26.5. The predicted molar refractivity (Wildman–Crippen MR) is 118 cm³/mol. The van der Waals surface area contributed by atoms with Crippen LogP contribution in [0.3, 0.4) is 0 Å². The summed E-state index contributed by atoms with van der Waals surface area (Å²) in [5, 5.41) is 6.25. The van der Waals surface area contributed by atoms with Crippen molar-refractivity contribution >= 4 is 26.5 Å². The van der Waals surface area contributed by atoms with E-state index in [0.717, 1.165) is 17.7 Å². The van der Waals surface area contributed by atoms with Crippen LogP contribution in [0.1, 0.15) is 29.5 Å². The molecule has 0 fully saturated rings. The van der Waals surface area contributed by atoms with Crippen molar-refractivity contribution in [2.24, 2.45) is 5.92 Å². The summed E-state index contributed by atoms with van der Waals surface area (Å²) in [7, 11) is -0.310. The number of fused-ring (bicyclic) bond motifs is 4. The van der Waals surface area contributed by atoms with E-state index in [1.807, 2.05) is 12.1 Å². The second-order valence-electron chi connectivity index (χ2n) is 8.08. The smallest absolute Gasteiger partial charge is 0.242 e. The molecule has 1 N–H and O–H groups in total. The van der Waals surface area contributed by atoms with Crippen LogP contribution in [0.5, 0.6) is 0 Å². The second-order valence-corrected chi connectivity index (χ2v) is 10.2. The minimum Gasteiger partial charge on any atom is -0.378 e. The van der Waals surface area contributed by atoms with Gasteiger partial charge in [0.1, 0.15) is 0 Å². The molecule has 5 heteroatoms. The van der Waals surface area contributed by atoms with E-state index in [0.29, 0.717) is 10.8 Å². The van der Waals surface area contributed by atoms with Crippen LogP contribution in [-0.4, -0.2) is 26.8 Å². The lowest BCUT2D eigenvalue weighted by Crippen LogP contribution is -2.30. The quantitative estimate of drug-likeness (QED) is 0.631. The number of allylic oxidation sites excluding steroid dienone is 2. The number of sulfonamides is 1. The number of nitrogens with one attached hydrogen (secondary N) is 1. The Balaban J connectivity index is 1.63. The summed E-state index contributed by atoms with van der Waals surface area (Å²) in [5.41, 5.74) is 3.40. The Kier molecular flexibility index (Phi) is 4.26. The lowest BCUT2D eigenvalue weighted by molar-refractivity contribution is 0.426. The molecule has 0 aromatic heterocycles. The van der Waals surface area contributed by atoms with Crippen molar-refractivity contribution < 1.29 is 8.42 Å². The number of rotatable bonds is 3. The molecular weight excluding hydrogens is 380 g/mol. The third kappa shape index (κ3) is 2.88. The first-order valence-corrected chi connectivity index (χ1v) is 11.4. The van der Waals surface area contributed by atoms with Crippen molar-refractivity contribution in [2.45, 2.75) is 23.3 Å². The van der Waals surface area contributed by atoms with Gasteiger partial charge in [-0.15, -0.1) is 0 Å². The Morgan fingerprint density at radius 3 is 2.59 bits per heavy atom. The highest BCUT2D eigenvalue weighted by molar-refractivity contribution is 7.89. The van der Waals surface area contributed by atoms with E-state index in [4.69, 9.17) is 0 Å². The van der Waals surface area contributed by atoms with Crippen molar-refractivity contribution in [1.82, 2.24) is 4.31 Å². The Morgan fingerprint density at radius 2 is 1.76 bits per heavy atom. The summed E-state index contributed by atoms with van der Waals surface area (Å²) in [6.07, 6.45) is 5.46. The Bertz CT molecular complexity index is 1230. The van der Waals surface area contributed by atoms with E-state index in [-0.39, 0.29) is 12.0 Å². The fourth-order valence-electron chi connectivity index (χ4n) is 4.77. The van der Waals surface area contributed by atoms with Crippen LogP contribution >= 0.6 is 0 Å². The molecule has 3 aromatic carbocycles. The van der Waals surface area contributed by atoms with Gasteiger partial charge in [-0.25, -0.2) is 12.7 Å². The molecule has 2 aliphatic rings. The topological polar surface area (TPSA) is 49.4 Å². The normalized spacial score (nSPS) is 23.1. The Labute approximate surface area is 171 Å². The fraction of sp³-hybridized carbons (Fsp3) is 0.250. The monoisotopic (exact) mass is 404 g/mol. The molecule has 3 atom stereocenters. The molecule has 3 unspecified atom stereocenters. The average Bonchev–Trinajstić information content (AvgIpc) is 3.22. The maximum Gasteiger partial charge on any atom is 0.242 e. The van der Waals surface area contributed by atoms with E-state index in [9.17, 15) is 8.42 Å². The molecule has 4 nitrogen and oxygen atoms in total. The molecule has 1 aliphatic heterocycles. The zero-order valence-corrected chi connectivity index (χ0v) is 17.4. The largest absolute Gasteiger partial charge is 0.378 e. The van der Waals surface area contributed by atoms with Crippen LogP contribution in [-0.2, 0) is 10.0 Å². The third-order valence-corrected chi connectivity index (χ3v) is 8.08. The minimum absolute atomic E-state index is 0.185. The van der Waals surface area contributed by atoms with Gasteiger partial charge in [-0.3, -0.25) is 0 Å². The molecule has 1 aliphatic carbocycles. The minimum atomic E-state index is -3.45. The second kappa shape index (κ2) is 6.71. The first-order valence-electron chi connectivity index (χ1n) is 9.94. The summed E-state index contributed by atoms with van der Waals surface area (Å²) in [6, 6.07) is 20.7. The molecule has 0 saturated carbocycles. The van der Waals surface area contributed by atoms with Gasteiger partial charge in [0.2, 0.25) is 10.0 Å². The average molecular weight is 405 g/mol. The highest BCUT2D eigenvalue weighted by Gasteiger charge is 2.39. The van der Waals surface area contributed by atoms with Crippen molar-refractivity contribution in [1.29, 1.82) is 0 Å². The Morgan fingerprint density at radius 1 is 0.966 bits per heavy atom. The molecular formula is C24H24N2O2S. The standard InChI is InChI=1S/C24H24N2O2S/c1-26(2)29(27,28)17-13-14-23-22(15-17)19-10-6-12-21(19)24(25-23)20-11-5-8-16-7-3-4-9-18(16)20/h3-11,13-15,19,21,24-25H,12H2,1-2H3. The van der Waals surface area contributed by atoms with Gasteiger partial charge < -0.3 is 5.32 Å². The van der Waals surface area contributed by atoms with E-state index in [1.165, 1.54) is 20.6 Å². The zero-order chi connectivity index (χ0) is 20.2. The van der Waals surface area contributed by atoms with Gasteiger partial charge in [-0.05, 0) is 52.4 Å². The molecule has 0 amide bonds. The van der Waals surface area contributed by atoms with Crippen molar-refractivity contribution in [3.63, 3.8) is 0 Å². The molecule has 5 rings (SSSR count). The van der Waals surface area contributed by atoms with Crippen LogP contribution in [0.25, 0.3) is 10.8 Å². The van der Waals surface area contributed by atoms with Crippen molar-refractivity contribution in [3.8, 4) is 0 Å². The van der Waals surface area contributed by atoms with Gasteiger partial charge in [0.05, 0.1) is 10.9 Å². The van der Waals surface area contributed by atoms with Gasteiger partial charge in [-0.1, -0.05) is 54.6 Å². The van der Waals surface area contributed by atoms with Crippen LogP contribution in [0, 0.1) is 5.92 Å². The Hall–Kier alpha value is -2.63. The maximum absolute atomic E-state index is 12.6. The van der Waals surface area contributed by atoms with Gasteiger partial charge in [0, 0.05) is 25.7 Å². The van der Waals surface area contributed by atoms with Crippen LogP contribution in [0.2, 0.25) is 0 Å². The third-order valence-electron chi connectivity index (χ3n) is 6.27. The lowest BCUT2D eigenvalue weighted by atomic mass is 9.76. The van der Waals surface area contributed by atoms with E-state index >= 15 is 0 Å². The SMILES string of the molecule is CN(C)S(=O)(=O)c1ccc2c(c1)C1C=CCC1C(c1cccc3ccccc13)N2. The van der Waals surface area contributed by atoms with Gasteiger partial charge in [-0.2, -0.15) is 0 Å². The molecule has 0 bridgehead atoms. The van der Waals surface area contributed by atoms with Gasteiger partial charge in [0.15, 0.2) is 0 Å². The summed E-state index contributed by atoms with van der Waals surface area (Å²) in [4.78, 5) is 0.353. The molecule has 1 heterocycles. The predicted octanol–water partition coefficient (Wildman–Crippen LogP) is 4.92. The highest BCUT2D eigenvalue weighted by atomic mass is 32.2. The van der Waals surface area contributed by atoms with Crippen LogP contribution < -0.4 is 5.32 Å². The summed E-state index contributed by atoms with van der Waals surface area (Å²) in [5.74, 6) is 0.582. The molecule has 148 valence electrons. The molecule has 0 saturated heterocycles. The first-order chi connectivity index (χ1) is 14.0. The molecule has 0 radical (unpaired) electrons. The molecule has 29 heavy (non-hydrogen) atoms. The van der Waals surface area contributed by atoms with E-state index in [1.54, 1.807) is 20.2 Å². The van der Waals surface area contributed by atoms with Crippen LogP contribution in [0.15, 0.2) is 77.7 Å². The van der Waals surface area contributed by atoms with E-state index in [2.05, 4.69) is 59.9 Å². The zero-order valence-electron chi connectivity index (χ0n) is 16.5. The molecule has 3 aromatic rings. The first kappa shape index (κ1) is 18.4. The van der Waals surface area contributed by atoms with Crippen molar-refractivity contribution in [2.75, 3.05) is 19.4 Å². The maximum atomic E-state index is 12.6. The van der Waals surface area contributed by atoms with Crippen molar-refractivity contribution in [3.05, 3.63) is 83.9 Å².